The zero-order valence-electron chi connectivity index (χ0n) is 13.8. The van der Waals surface area contributed by atoms with Crippen LogP contribution in [-0.2, 0) is 0 Å². The van der Waals surface area contributed by atoms with Gasteiger partial charge in [-0.2, -0.15) is 0 Å². The maximum absolute atomic E-state index is 3.77. The van der Waals surface area contributed by atoms with Gasteiger partial charge in [0.25, 0.3) is 0 Å². The maximum atomic E-state index is 3.77. The Morgan fingerprint density at radius 3 is 1.58 bits per heavy atom. The van der Waals surface area contributed by atoms with Crippen LogP contribution < -0.4 is 0 Å². The molecule has 1 heteroatoms. The number of rotatable bonds is 14. The molecule has 0 N–H and O–H groups in total. The lowest BCUT2D eigenvalue weighted by Crippen LogP contribution is -2.21. The topological polar surface area (TPSA) is 0 Å². The van der Waals surface area contributed by atoms with E-state index in [1.165, 1.54) is 88.8 Å². The van der Waals surface area contributed by atoms with Gasteiger partial charge < -0.3 is 0 Å². The van der Waals surface area contributed by atoms with Crippen molar-refractivity contribution in [2.75, 3.05) is 5.33 Å². The first-order chi connectivity index (χ1) is 9.24. The Morgan fingerprint density at radius 1 is 0.632 bits per heavy atom. The molecule has 0 bridgehead atoms. The maximum Gasteiger partial charge on any atom is 0.00878 e. The third kappa shape index (κ3) is 9.93. The van der Waals surface area contributed by atoms with Gasteiger partial charge in [0.2, 0.25) is 0 Å². The van der Waals surface area contributed by atoms with Crippen LogP contribution in [0.3, 0.4) is 0 Å². The summed E-state index contributed by atoms with van der Waals surface area (Å²) in [4.78, 5) is 0. The normalized spacial score (nSPS) is 14.5. The monoisotopic (exact) mass is 332 g/mol. The van der Waals surface area contributed by atoms with E-state index < -0.39 is 0 Å². The highest BCUT2D eigenvalue weighted by molar-refractivity contribution is 9.09. The molecule has 0 aliphatic carbocycles. The molecule has 0 spiro atoms. The number of alkyl halides is 1. The van der Waals surface area contributed by atoms with E-state index in [9.17, 15) is 0 Å². The summed E-state index contributed by atoms with van der Waals surface area (Å²) in [5, 5.41) is 1.20. The van der Waals surface area contributed by atoms with Gasteiger partial charge in [0, 0.05) is 5.33 Å². The summed E-state index contributed by atoms with van der Waals surface area (Å²) in [7, 11) is 0. The molecule has 0 radical (unpaired) electrons. The number of unbranched alkanes of at least 4 members (excludes halogenated alkanes) is 8. The quantitative estimate of drug-likeness (QED) is 0.228. The second-order valence-electron chi connectivity index (χ2n) is 6.32. The van der Waals surface area contributed by atoms with Gasteiger partial charge in [0.05, 0.1) is 0 Å². The molecule has 0 fully saturated rings. The van der Waals surface area contributed by atoms with Crippen LogP contribution in [0, 0.1) is 5.41 Å². The minimum atomic E-state index is 0.595. The lowest BCUT2D eigenvalue weighted by atomic mass is 9.78. The third-order valence-corrected chi connectivity index (χ3v) is 5.84. The highest BCUT2D eigenvalue weighted by atomic mass is 79.9. The van der Waals surface area contributed by atoms with Gasteiger partial charge in [-0.3, -0.25) is 0 Å². The summed E-state index contributed by atoms with van der Waals surface area (Å²) in [5.41, 5.74) is 0.595. The summed E-state index contributed by atoms with van der Waals surface area (Å²) in [6.07, 6.45) is 18.4. The van der Waals surface area contributed by atoms with Crippen molar-refractivity contribution in [2.45, 2.75) is 104 Å². The first kappa shape index (κ1) is 19.5. The van der Waals surface area contributed by atoms with Crippen LogP contribution in [0.15, 0.2) is 0 Å². The minimum absolute atomic E-state index is 0.595. The fourth-order valence-electron chi connectivity index (χ4n) is 2.89. The molecule has 19 heavy (non-hydrogen) atoms. The molecule has 0 aliphatic rings. The van der Waals surface area contributed by atoms with Crippen LogP contribution in [0.2, 0.25) is 0 Å². The summed E-state index contributed by atoms with van der Waals surface area (Å²) in [6, 6.07) is 0. The smallest absolute Gasteiger partial charge is 0.00878 e. The average molecular weight is 333 g/mol. The highest BCUT2D eigenvalue weighted by Crippen LogP contribution is 2.36. The standard InChI is InChI=1S/C18H37Br/c1-4-7-9-10-11-12-13-14-16-18(6-3,17-19)15-8-5-2/h4-17H2,1-3H3. The Kier molecular flexibility index (Phi) is 13.8. The predicted molar refractivity (Wildman–Crippen MR) is 93.3 cm³/mol. The van der Waals surface area contributed by atoms with Gasteiger partial charge in [-0.25, -0.2) is 0 Å². The molecule has 0 aromatic rings. The van der Waals surface area contributed by atoms with Crippen molar-refractivity contribution < 1.29 is 0 Å². The van der Waals surface area contributed by atoms with E-state index in [0.717, 1.165) is 0 Å². The molecule has 0 heterocycles. The van der Waals surface area contributed by atoms with Crippen molar-refractivity contribution in [1.82, 2.24) is 0 Å². The zero-order valence-corrected chi connectivity index (χ0v) is 15.4. The van der Waals surface area contributed by atoms with Crippen LogP contribution in [0.5, 0.6) is 0 Å². The van der Waals surface area contributed by atoms with Crippen molar-refractivity contribution in [3.05, 3.63) is 0 Å². The molecule has 0 amide bonds. The molecule has 0 rings (SSSR count). The fourth-order valence-corrected chi connectivity index (χ4v) is 3.85. The molecule has 0 aliphatic heterocycles. The van der Waals surface area contributed by atoms with Crippen molar-refractivity contribution in [3.8, 4) is 0 Å². The van der Waals surface area contributed by atoms with Crippen molar-refractivity contribution >= 4 is 15.9 Å². The van der Waals surface area contributed by atoms with E-state index in [0.29, 0.717) is 5.41 Å². The van der Waals surface area contributed by atoms with Crippen LogP contribution in [-0.4, -0.2) is 5.33 Å². The van der Waals surface area contributed by atoms with Crippen LogP contribution in [0.4, 0.5) is 0 Å². The van der Waals surface area contributed by atoms with Crippen molar-refractivity contribution in [2.24, 2.45) is 5.41 Å². The zero-order chi connectivity index (χ0) is 14.4. The van der Waals surface area contributed by atoms with E-state index in [1.807, 2.05) is 0 Å². The molecule has 1 unspecified atom stereocenters. The summed E-state index contributed by atoms with van der Waals surface area (Å²) in [5.74, 6) is 0. The van der Waals surface area contributed by atoms with E-state index in [1.54, 1.807) is 0 Å². The summed E-state index contributed by atoms with van der Waals surface area (Å²) < 4.78 is 0. The molecular formula is C18H37Br. The molecule has 116 valence electrons. The second kappa shape index (κ2) is 13.5. The summed E-state index contributed by atoms with van der Waals surface area (Å²) in [6.45, 7) is 6.98. The molecular weight excluding hydrogens is 296 g/mol. The molecule has 1 atom stereocenters. The molecule has 0 nitrogen and oxygen atoms in total. The highest BCUT2D eigenvalue weighted by Gasteiger charge is 2.25. The van der Waals surface area contributed by atoms with E-state index in [4.69, 9.17) is 0 Å². The fraction of sp³-hybridized carbons (Fsp3) is 1.00. The van der Waals surface area contributed by atoms with Gasteiger partial charge in [-0.1, -0.05) is 101 Å². The first-order valence-electron chi connectivity index (χ1n) is 8.80. The summed E-state index contributed by atoms with van der Waals surface area (Å²) >= 11 is 3.77. The second-order valence-corrected chi connectivity index (χ2v) is 6.88. The number of halogens is 1. The predicted octanol–water partition coefficient (Wildman–Crippen LogP) is 7.50. The Labute approximate surface area is 131 Å². The number of hydrogen-bond acceptors (Lipinski definition) is 0. The Morgan fingerprint density at radius 2 is 1.11 bits per heavy atom. The van der Waals surface area contributed by atoms with Gasteiger partial charge in [0.15, 0.2) is 0 Å². The Balaban J connectivity index is 3.63. The van der Waals surface area contributed by atoms with E-state index in [2.05, 4.69) is 36.7 Å². The van der Waals surface area contributed by atoms with Crippen LogP contribution >= 0.6 is 15.9 Å². The largest absolute Gasteiger partial charge is 0.0922 e. The van der Waals surface area contributed by atoms with Crippen molar-refractivity contribution in [3.63, 3.8) is 0 Å². The lowest BCUT2D eigenvalue weighted by Gasteiger charge is -2.31. The van der Waals surface area contributed by atoms with E-state index >= 15 is 0 Å². The third-order valence-electron chi connectivity index (χ3n) is 4.65. The van der Waals surface area contributed by atoms with Crippen molar-refractivity contribution in [1.29, 1.82) is 0 Å². The SMILES string of the molecule is CCCCCCCCCCC(CC)(CBr)CCCC. The molecule has 0 saturated heterocycles. The minimum Gasteiger partial charge on any atom is -0.0922 e. The first-order valence-corrected chi connectivity index (χ1v) is 9.92. The Bertz CT molecular complexity index is 173. The van der Waals surface area contributed by atoms with Crippen LogP contribution in [0.1, 0.15) is 104 Å². The van der Waals surface area contributed by atoms with Gasteiger partial charge >= 0.3 is 0 Å². The van der Waals surface area contributed by atoms with Crippen LogP contribution in [0.25, 0.3) is 0 Å². The average Bonchev–Trinajstić information content (AvgIpc) is 2.45. The molecule has 0 saturated carbocycles. The Hall–Kier alpha value is 0.480. The van der Waals surface area contributed by atoms with E-state index in [-0.39, 0.29) is 0 Å². The van der Waals surface area contributed by atoms with Gasteiger partial charge in [-0.15, -0.1) is 0 Å². The lowest BCUT2D eigenvalue weighted by molar-refractivity contribution is 0.252. The number of hydrogen-bond donors (Lipinski definition) is 0. The van der Waals surface area contributed by atoms with Gasteiger partial charge in [-0.05, 0) is 24.7 Å². The van der Waals surface area contributed by atoms with Gasteiger partial charge in [0.1, 0.15) is 0 Å². The molecule has 0 aromatic carbocycles. The molecule has 0 aromatic heterocycles.